The van der Waals surface area contributed by atoms with Crippen LogP contribution in [0.15, 0.2) is 11.8 Å². The molecule has 0 N–H and O–H groups in total. The lowest BCUT2D eigenvalue weighted by Gasteiger charge is -2.40. The molecule has 1 unspecified atom stereocenters. The maximum Gasteiger partial charge on any atom is 0.342 e. The fraction of sp³-hybridized carbons (Fsp3) is 0.600. The van der Waals surface area contributed by atoms with Gasteiger partial charge in [0.2, 0.25) is 0 Å². The number of amides is 2. The lowest BCUT2D eigenvalue weighted by Crippen LogP contribution is -2.57. The van der Waals surface area contributed by atoms with Crippen LogP contribution in [0.25, 0.3) is 0 Å². The Bertz CT molecular complexity index is 353. The number of allylic oxidation sites excluding steroid dienone is 1. The Hall–Kier alpha value is -1.40. The molecule has 1 aliphatic carbocycles. The molecule has 0 aromatic rings. The molecule has 2 amide bonds. The molecular formula is C10H14N2O4. The molecule has 0 spiro atoms. The molecule has 0 saturated carbocycles. The number of fused-ring (bicyclic) bond motifs is 1. The minimum Gasteiger partial charge on any atom is -0.273 e. The predicted molar refractivity (Wildman–Crippen MR) is 53.4 cm³/mol. The van der Waals surface area contributed by atoms with Crippen molar-refractivity contribution >= 4 is 11.8 Å². The molecule has 1 atom stereocenters. The van der Waals surface area contributed by atoms with Crippen LogP contribution in [0.2, 0.25) is 0 Å². The number of piperazine rings is 1. The summed E-state index contributed by atoms with van der Waals surface area (Å²) in [6.07, 6.45) is 4.53. The number of rotatable bonds is 2. The lowest BCUT2D eigenvalue weighted by molar-refractivity contribution is -0.220. The molecule has 1 fully saturated rings. The Morgan fingerprint density at radius 1 is 1.25 bits per heavy atom. The van der Waals surface area contributed by atoms with Gasteiger partial charge in [-0.2, -0.15) is 5.06 Å². The normalized spacial score (nSPS) is 25.6. The molecular weight excluding hydrogens is 212 g/mol. The van der Waals surface area contributed by atoms with E-state index in [4.69, 9.17) is 9.68 Å². The topological polar surface area (TPSA) is 59.1 Å². The molecule has 0 aromatic carbocycles. The number of carbonyl (C=O) groups is 2. The first kappa shape index (κ1) is 11.1. The zero-order valence-electron chi connectivity index (χ0n) is 9.30. The van der Waals surface area contributed by atoms with Gasteiger partial charge >= 0.3 is 11.8 Å². The van der Waals surface area contributed by atoms with Crippen LogP contribution in [0, 0.1) is 0 Å². The van der Waals surface area contributed by atoms with E-state index in [1.807, 2.05) is 6.08 Å². The second-order valence-electron chi connectivity index (χ2n) is 3.67. The van der Waals surface area contributed by atoms with Gasteiger partial charge < -0.3 is 0 Å². The second-order valence-corrected chi connectivity index (χ2v) is 3.67. The smallest absolute Gasteiger partial charge is 0.273 e. The van der Waals surface area contributed by atoms with E-state index in [2.05, 4.69) is 0 Å². The first-order valence-electron chi connectivity index (χ1n) is 5.16. The highest BCUT2D eigenvalue weighted by Gasteiger charge is 2.44. The summed E-state index contributed by atoms with van der Waals surface area (Å²) < 4.78 is 0. The summed E-state index contributed by atoms with van der Waals surface area (Å²) in [4.78, 5) is 33.3. The van der Waals surface area contributed by atoms with Gasteiger partial charge in [0.25, 0.3) is 0 Å². The molecule has 16 heavy (non-hydrogen) atoms. The van der Waals surface area contributed by atoms with E-state index in [1.54, 1.807) is 0 Å². The molecule has 6 heteroatoms. The Labute approximate surface area is 93.3 Å². The van der Waals surface area contributed by atoms with Crippen LogP contribution in [-0.4, -0.2) is 42.2 Å². The average Bonchev–Trinajstić information content (AvgIpc) is 2.31. The average molecular weight is 226 g/mol. The first-order valence-corrected chi connectivity index (χ1v) is 5.16. The Balaban J connectivity index is 2.38. The minimum absolute atomic E-state index is 0.219. The van der Waals surface area contributed by atoms with Gasteiger partial charge in [-0.25, -0.2) is 5.06 Å². The summed E-state index contributed by atoms with van der Waals surface area (Å²) in [7, 11) is 2.76. The second kappa shape index (κ2) is 4.23. The summed E-state index contributed by atoms with van der Waals surface area (Å²) in [6.45, 7) is 0. The van der Waals surface area contributed by atoms with Gasteiger partial charge in [-0.15, -0.1) is 0 Å². The van der Waals surface area contributed by atoms with E-state index in [9.17, 15) is 9.59 Å². The maximum absolute atomic E-state index is 11.7. The molecule has 6 nitrogen and oxygen atoms in total. The highest BCUT2D eigenvalue weighted by molar-refractivity contribution is 6.35. The molecule has 1 aliphatic heterocycles. The van der Waals surface area contributed by atoms with E-state index in [-0.39, 0.29) is 6.04 Å². The van der Waals surface area contributed by atoms with Crippen molar-refractivity contribution in [3.63, 3.8) is 0 Å². The van der Waals surface area contributed by atoms with Crippen molar-refractivity contribution in [2.45, 2.75) is 25.3 Å². The zero-order valence-corrected chi connectivity index (χ0v) is 9.30. The molecule has 0 bridgehead atoms. The Morgan fingerprint density at radius 3 is 2.62 bits per heavy atom. The SMILES string of the molecule is CON1C(=O)C(=O)N(OC)C2CCCC=C21. The number of hydroxylamine groups is 4. The van der Waals surface area contributed by atoms with E-state index in [0.29, 0.717) is 5.70 Å². The maximum atomic E-state index is 11.7. The van der Waals surface area contributed by atoms with Gasteiger partial charge in [0.05, 0.1) is 19.9 Å². The number of hydrogen-bond donors (Lipinski definition) is 0. The van der Waals surface area contributed by atoms with E-state index in [1.165, 1.54) is 14.2 Å². The van der Waals surface area contributed by atoms with Gasteiger partial charge in [-0.3, -0.25) is 19.3 Å². The minimum atomic E-state index is -0.714. The molecule has 0 aromatic heterocycles. The molecule has 1 heterocycles. The van der Waals surface area contributed by atoms with E-state index in [0.717, 1.165) is 29.4 Å². The van der Waals surface area contributed by atoms with E-state index < -0.39 is 11.8 Å². The Morgan fingerprint density at radius 2 is 2.00 bits per heavy atom. The largest absolute Gasteiger partial charge is 0.342 e. The number of carbonyl (C=O) groups excluding carboxylic acids is 2. The highest BCUT2D eigenvalue weighted by atomic mass is 16.7. The van der Waals surface area contributed by atoms with Gasteiger partial charge in [-0.1, -0.05) is 6.08 Å². The van der Waals surface area contributed by atoms with Gasteiger partial charge in [0.1, 0.15) is 6.04 Å². The fourth-order valence-corrected chi connectivity index (χ4v) is 2.14. The van der Waals surface area contributed by atoms with Crippen molar-refractivity contribution in [2.75, 3.05) is 14.2 Å². The third-order valence-corrected chi connectivity index (χ3v) is 2.84. The predicted octanol–water partition coefficient (Wildman–Crippen LogP) is 0.216. The third kappa shape index (κ3) is 1.50. The van der Waals surface area contributed by atoms with Crippen LogP contribution in [0.1, 0.15) is 19.3 Å². The monoisotopic (exact) mass is 226 g/mol. The van der Waals surface area contributed by atoms with Crippen molar-refractivity contribution in [1.82, 2.24) is 10.1 Å². The van der Waals surface area contributed by atoms with Crippen molar-refractivity contribution in [3.8, 4) is 0 Å². The van der Waals surface area contributed by atoms with Crippen molar-refractivity contribution < 1.29 is 19.3 Å². The summed E-state index contributed by atoms with van der Waals surface area (Å²) in [5.41, 5.74) is 0.695. The van der Waals surface area contributed by atoms with Crippen LogP contribution < -0.4 is 0 Å². The summed E-state index contributed by atoms with van der Waals surface area (Å²) in [5, 5.41) is 2.19. The van der Waals surface area contributed by atoms with Crippen LogP contribution in [0.5, 0.6) is 0 Å². The van der Waals surface area contributed by atoms with Crippen molar-refractivity contribution in [1.29, 1.82) is 0 Å². The summed E-state index contributed by atoms with van der Waals surface area (Å²) in [5.74, 6) is -1.40. The molecule has 0 radical (unpaired) electrons. The summed E-state index contributed by atoms with van der Waals surface area (Å²) in [6, 6.07) is -0.219. The van der Waals surface area contributed by atoms with Crippen LogP contribution in [0.3, 0.4) is 0 Å². The van der Waals surface area contributed by atoms with Crippen LogP contribution in [-0.2, 0) is 19.3 Å². The third-order valence-electron chi connectivity index (χ3n) is 2.84. The standard InChI is InChI=1S/C10H14N2O4/c1-15-11-7-5-3-4-6-8(7)12(16-2)10(14)9(11)13/h5,8H,3-4,6H2,1-2H3. The van der Waals surface area contributed by atoms with Gasteiger partial charge in [0, 0.05) is 0 Å². The number of hydrogen-bond acceptors (Lipinski definition) is 4. The van der Waals surface area contributed by atoms with E-state index >= 15 is 0 Å². The highest BCUT2D eigenvalue weighted by Crippen LogP contribution is 2.30. The van der Waals surface area contributed by atoms with Gasteiger partial charge in [0.15, 0.2) is 0 Å². The van der Waals surface area contributed by atoms with Gasteiger partial charge in [-0.05, 0) is 19.3 Å². The molecule has 2 rings (SSSR count). The summed E-state index contributed by atoms with van der Waals surface area (Å²) >= 11 is 0. The molecule has 88 valence electrons. The quantitative estimate of drug-likeness (QED) is 0.632. The molecule has 1 saturated heterocycles. The van der Waals surface area contributed by atoms with Crippen molar-refractivity contribution in [3.05, 3.63) is 11.8 Å². The van der Waals surface area contributed by atoms with Crippen molar-refractivity contribution in [2.24, 2.45) is 0 Å². The Kier molecular flexibility index (Phi) is 2.93. The molecule has 2 aliphatic rings. The van der Waals surface area contributed by atoms with Crippen LogP contribution >= 0.6 is 0 Å². The zero-order chi connectivity index (χ0) is 11.7. The fourth-order valence-electron chi connectivity index (χ4n) is 2.14. The first-order chi connectivity index (χ1) is 7.70. The lowest BCUT2D eigenvalue weighted by atomic mass is 9.96. The number of nitrogens with zero attached hydrogens (tertiary/aromatic N) is 2. The van der Waals surface area contributed by atoms with Crippen LogP contribution in [0.4, 0.5) is 0 Å².